The summed E-state index contributed by atoms with van der Waals surface area (Å²) in [5.74, 6) is 0.636. The van der Waals surface area contributed by atoms with Gasteiger partial charge in [-0.2, -0.15) is 5.10 Å². The van der Waals surface area contributed by atoms with Crippen LogP contribution in [0.2, 0.25) is 18.1 Å². The van der Waals surface area contributed by atoms with E-state index >= 15 is 0 Å². The number of rotatable bonds is 9. The zero-order valence-corrected chi connectivity index (χ0v) is 17.8. The van der Waals surface area contributed by atoms with Crippen molar-refractivity contribution < 1.29 is 9.53 Å². The standard InChI is InChI=1S/C20H33N3O2Si/c1-20(2,3)26(4,5)25-15-14-23-19(21-16-22-23)18(24)13-9-12-17-10-7-6-8-11-17/h6-8,10-11,16,18,24H,9,12-15H2,1-5H3. The second kappa shape index (κ2) is 8.93. The zero-order chi connectivity index (χ0) is 19.2. The van der Waals surface area contributed by atoms with Gasteiger partial charge in [0.2, 0.25) is 0 Å². The molecule has 0 aliphatic carbocycles. The van der Waals surface area contributed by atoms with E-state index in [1.54, 1.807) is 4.68 Å². The number of benzene rings is 1. The van der Waals surface area contributed by atoms with Gasteiger partial charge < -0.3 is 9.53 Å². The second-order valence-corrected chi connectivity index (χ2v) is 13.2. The molecule has 1 heterocycles. The molecular formula is C20H33N3O2Si. The van der Waals surface area contributed by atoms with Crippen molar-refractivity contribution in [3.05, 3.63) is 48.0 Å². The average Bonchev–Trinajstić information content (AvgIpc) is 3.03. The smallest absolute Gasteiger partial charge is 0.192 e. The summed E-state index contributed by atoms with van der Waals surface area (Å²) >= 11 is 0. The van der Waals surface area contributed by atoms with Gasteiger partial charge in [-0.25, -0.2) is 9.67 Å². The number of aliphatic hydroxyl groups is 1. The molecule has 0 radical (unpaired) electrons. The van der Waals surface area contributed by atoms with Crippen LogP contribution in [-0.4, -0.2) is 34.8 Å². The van der Waals surface area contributed by atoms with E-state index in [4.69, 9.17) is 4.43 Å². The Morgan fingerprint density at radius 3 is 2.54 bits per heavy atom. The first-order chi connectivity index (χ1) is 12.2. The highest BCUT2D eigenvalue weighted by Crippen LogP contribution is 2.36. The van der Waals surface area contributed by atoms with Gasteiger partial charge in [0.05, 0.1) is 13.2 Å². The third-order valence-electron chi connectivity index (χ3n) is 5.30. The van der Waals surface area contributed by atoms with Crippen molar-refractivity contribution in [3.63, 3.8) is 0 Å². The van der Waals surface area contributed by atoms with Crippen LogP contribution in [-0.2, 0) is 17.4 Å². The molecule has 0 saturated heterocycles. The van der Waals surface area contributed by atoms with Gasteiger partial charge in [-0.05, 0) is 43.0 Å². The summed E-state index contributed by atoms with van der Waals surface area (Å²) in [5.41, 5.74) is 1.30. The van der Waals surface area contributed by atoms with Crippen LogP contribution in [0.25, 0.3) is 0 Å². The lowest BCUT2D eigenvalue weighted by molar-refractivity contribution is 0.146. The quantitative estimate of drug-likeness (QED) is 0.662. The van der Waals surface area contributed by atoms with Gasteiger partial charge in [-0.1, -0.05) is 51.1 Å². The fraction of sp³-hybridized carbons (Fsp3) is 0.600. The number of hydrogen-bond donors (Lipinski definition) is 1. The molecule has 2 rings (SSSR count). The molecule has 1 aromatic carbocycles. The van der Waals surface area contributed by atoms with Gasteiger partial charge in [-0.15, -0.1) is 0 Å². The third kappa shape index (κ3) is 5.76. The van der Waals surface area contributed by atoms with Crippen molar-refractivity contribution in [2.75, 3.05) is 6.61 Å². The zero-order valence-electron chi connectivity index (χ0n) is 16.8. The van der Waals surface area contributed by atoms with E-state index in [9.17, 15) is 5.11 Å². The summed E-state index contributed by atoms with van der Waals surface area (Å²) in [6.07, 6.45) is 3.48. The molecule has 1 unspecified atom stereocenters. The van der Waals surface area contributed by atoms with E-state index in [1.165, 1.54) is 11.9 Å². The first kappa shape index (κ1) is 20.8. The van der Waals surface area contributed by atoms with Crippen molar-refractivity contribution in [3.8, 4) is 0 Å². The first-order valence-corrected chi connectivity index (χ1v) is 12.4. The highest BCUT2D eigenvalue weighted by Gasteiger charge is 2.36. The predicted octanol–water partition coefficient (Wildman–Crippen LogP) is 4.36. The molecule has 1 atom stereocenters. The van der Waals surface area contributed by atoms with Gasteiger partial charge in [0.1, 0.15) is 12.4 Å². The fourth-order valence-electron chi connectivity index (χ4n) is 2.58. The third-order valence-corrected chi connectivity index (χ3v) is 9.84. The van der Waals surface area contributed by atoms with Crippen LogP contribution in [0.3, 0.4) is 0 Å². The molecule has 144 valence electrons. The van der Waals surface area contributed by atoms with Crippen molar-refractivity contribution in [1.82, 2.24) is 14.8 Å². The minimum atomic E-state index is -1.77. The Labute approximate surface area is 158 Å². The molecule has 0 saturated carbocycles. The molecule has 1 N–H and O–H groups in total. The van der Waals surface area contributed by atoms with E-state index < -0.39 is 14.4 Å². The Hall–Kier alpha value is -1.50. The highest BCUT2D eigenvalue weighted by atomic mass is 28.4. The van der Waals surface area contributed by atoms with Crippen LogP contribution in [0.4, 0.5) is 0 Å². The maximum atomic E-state index is 10.5. The van der Waals surface area contributed by atoms with Crippen molar-refractivity contribution >= 4 is 8.32 Å². The summed E-state index contributed by atoms with van der Waals surface area (Å²) in [7, 11) is -1.77. The lowest BCUT2D eigenvalue weighted by Crippen LogP contribution is -2.41. The van der Waals surface area contributed by atoms with Gasteiger partial charge in [0.25, 0.3) is 0 Å². The molecule has 0 bridgehead atoms. The topological polar surface area (TPSA) is 60.2 Å². The van der Waals surface area contributed by atoms with E-state index in [0.29, 0.717) is 25.4 Å². The normalized spacial score (nSPS) is 13.8. The lowest BCUT2D eigenvalue weighted by atomic mass is 10.1. The summed E-state index contributed by atoms with van der Waals surface area (Å²) < 4.78 is 7.99. The van der Waals surface area contributed by atoms with Crippen LogP contribution in [0.15, 0.2) is 36.7 Å². The molecule has 5 nitrogen and oxygen atoms in total. The Kier molecular flexibility index (Phi) is 7.14. The lowest BCUT2D eigenvalue weighted by Gasteiger charge is -2.36. The van der Waals surface area contributed by atoms with Gasteiger partial charge in [-0.3, -0.25) is 0 Å². The first-order valence-electron chi connectivity index (χ1n) is 9.44. The van der Waals surface area contributed by atoms with E-state index in [2.05, 4.69) is 56.1 Å². The molecule has 0 spiro atoms. The fourth-order valence-corrected chi connectivity index (χ4v) is 3.62. The summed E-state index contributed by atoms with van der Waals surface area (Å²) in [6, 6.07) is 10.3. The number of aryl methyl sites for hydroxylation is 1. The molecule has 0 aliphatic heterocycles. The second-order valence-electron chi connectivity index (χ2n) is 8.34. The number of hydrogen-bond acceptors (Lipinski definition) is 4. The number of aromatic nitrogens is 3. The van der Waals surface area contributed by atoms with Crippen molar-refractivity contribution in [2.45, 2.75) is 70.8 Å². The van der Waals surface area contributed by atoms with E-state index in [1.807, 2.05) is 18.2 Å². The molecule has 0 aliphatic rings. The molecule has 0 amide bonds. The average molecular weight is 376 g/mol. The molecule has 2 aromatic rings. The van der Waals surface area contributed by atoms with Gasteiger partial charge in [0.15, 0.2) is 14.1 Å². The Morgan fingerprint density at radius 1 is 1.19 bits per heavy atom. The summed E-state index contributed by atoms with van der Waals surface area (Å²) in [5, 5.41) is 15.0. The van der Waals surface area contributed by atoms with Crippen LogP contribution < -0.4 is 0 Å². The summed E-state index contributed by atoms with van der Waals surface area (Å²) in [6.45, 7) is 12.4. The van der Waals surface area contributed by atoms with Crippen LogP contribution >= 0.6 is 0 Å². The monoisotopic (exact) mass is 375 g/mol. The van der Waals surface area contributed by atoms with E-state index in [-0.39, 0.29) is 5.04 Å². The minimum Gasteiger partial charge on any atom is -0.415 e. The van der Waals surface area contributed by atoms with Crippen molar-refractivity contribution in [1.29, 1.82) is 0 Å². The largest absolute Gasteiger partial charge is 0.415 e. The van der Waals surface area contributed by atoms with Gasteiger partial charge >= 0.3 is 0 Å². The Morgan fingerprint density at radius 2 is 1.88 bits per heavy atom. The number of aliphatic hydroxyl groups excluding tert-OH is 1. The Balaban J connectivity index is 1.83. The number of nitrogens with zero attached hydrogens (tertiary/aromatic N) is 3. The molecule has 1 aromatic heterocycles. The molecular weight excluding hydrogens is 342 g/mol. The molecule has 26 heavy (non-hydrogen) atoms. The van der Waals surface area contributed by atoms with E-state index in [0.717, 1.165) is 12.8 Å². The maximum Gasteiger partial charge on any atom is 0.192 e. The Bertz CT molecular complexity index is 665. The minimum absolute atomic E-state index is 0.190. The predicted molar refractivity (Wildman–Crippen MR) is 108 cm³/mol. The summed E-state index contributed by atoms with van der Waals surface area (Å²) in [4.78, 5) is 4.26. The molecule has 6 heteroatoms. The SMILES string of the molecule is CC(C)(C)[Si](C)(C)OCCn1ncnc1C(O)CCCc1ccccc1. The van der Waals surface area contributed by atoms with Crippen LogP contribution in [0.5, 0.6) is 0 Å². The highest BCUT2D eigenvalue weighted by molar-refractivity contribution is 6.74. The van der Waals surface area contributed by atoms with Crippen LogP contribution in [0.1, 0.15) is 51.1 Å². The van der Waals surface area contributed by atoms with Gasteiger partial charge in [0, 0.05) is 0 Å². The van der Waals surface area contributed by atoms with Crippen molar-refractivity contribution in [2.24, 2.45) is 0 Å². The van der Waals surface area contributed by atoms with Crippen LogP contribution in [0, 0.1) is 0 Å². The maximum absolute atomic E-state index is 10.5. The molecule has 0 fully saturated rings.